The molecular formula is C73H81Cl4F2N7O13. The molecule has 1 aliphatic heterocycles. The maximum atomic E-state index is 12.7. The van der Waals surface area contributed by atoms with Gasteiger partial charge < -0.3 is 69.1 Å². The Balaban J connectivity index is 0.000000143. The van der Waals surface area contributed by atoms with Gasteiger partial charge in [0.2, 0.25) is 0 Å². The van der Waals surface area contributed by atoms with Crippen molar-refractivity contribution in [2.24, 2.45) is 23.7 Å². The molecule has 4 aromatic carbocycles. The molecule has 2 aromatic heterocycles. The zero-order chi connectivity index (χ0) is 70.2. The van der Waals surface area contributed by atoms with E-state index in [1.807, 2.05) is 24.3 Å². The number of urea groups is 1. The molecule has 6 saturated carbocycles. The standard InChI is InChI=1S/C20H25NO4.C18H18Cl2N2O3.C18H24N2O3.C17H14Cl2F2N2O3/c1-21-20(11-9-14(10-12-20)19(22)23)15-7-8-17(24-2)18(13-15)25-16-5-3-4-6-16;1-24-15-7-6-11(8-16(15)25-12-4-2-3-5-12)18(23)22-17-13(19)9-21-10-14(17)20;1-22-15-5-4-12(14-9-19-18(21)20-10-14)8-17(15)23-16-7-11-2-3-13(16)6-11;18-11-6-22-7-12(19)15(11)23-16(24)10-3-4-13(25-8-9-1-2-9)14(5-10)26-17(20)21/h7-8,13-14,16H,3-6,9-12H2,2H3,(H,22,23);6-10,12H,2-5H2,1H3,(H,21,22,23);4-5,8,11,13-14,16H,2-3,6-7,9-10H2,1H3,(H2,19,20,21);3-7,9,17H,1-2,8H2,(H,22,23,24)/t;;11-,13+,16+;/m..1./s1. The van der Waals surface area contributed by atoms with Gasteiger partial charge in [-0.25, -0.2) is 11.4 Å². The number of nitrogens with one attached hydrogen (secondary N) is 4. The van der Waals surface area contributed by atoms with E-state index >= 15 is 0 Å². The number of methoxy groups -OCH3 is 3. The molecule has 4 amide bonds. The molecule has 13 rings (SSSR count). The van der Waals surface area contributed by atoms with Crippen molar-refractivity contribution in [1.82, 2.24) is 20.6 Å². The number of pyridine rings is 2. The van der Waals surface area contributed by atoms with Crippen LogP contribution in [0.2, 0.25) is 20.1 Å². The van der Waals surface area contributed by atoms with Gasteiger partial charge in [-0.1, -0.05) is 52.5 Å². The molecule has 0 spiro atoms. The maximum absolute atomic E-state index is 12.7. The first-order valence-electron chi connectivity index (χ1n) is 33.4. The Morgan fingerprint density at radius 1 is 0.616 bits per heavy atom. The minimum Gasteiger partial charge on any atom is -0.493 e. The molecule has 3 atom stereocenters. The van der Waals surface area contributed by atoms with Gasteiger partial charge in [-0.2, -0.15) is 8.78 Å². The molecule has 5 N–H and O–H groups in total. The number of alkyl halides is 2. The molecule has 2 bridgehead atoms. The fourth-order valence-electron chi connectivity index (χ4n) is 13.4. The first kappa shape index (κ1) is 73.5. The third-order valence-corrected chi connectivity index (χ3v) is 20.2. The van der Waals surface area contributed by atoms with Crippen LogP contribution in [0.3, 0.4) is 0 Å². The van der Waals surface area contributed by atoms with Crippen LogP contribution in [0.15, 0.2) is 97.6 Å². The van der Waals surface area contributed by atoms with Crippen molar-refractivity contribution in [1.29, 1.82) is 0 Å². The van der Waals surface area contributed by atoms with Gasteiger partial charge in [-0.05, 0) is 193 Å². The number of aromatic nitrogens is 2. The highest BCUT2D eigenvalue weighted by Crippen LogP contribution is 2.49. The summed E-state index contributed by atoms with van der Waals surface area (Å²) in [5.74, 6) is 4.42. The Morgan fingerprint density at radius 3 is 1.59 bits per heavy atom. The van der Waals surface area contributed by atoms with Crippen LogP contribution in [0, 0.1) is 30.2 Å². The van der Waals surface area contributed by atoms with Crippen LogP contribution in [-0.2, 0) is 10.3 Å². The molecule has 20 nitrogen and oxygen atoms in total. The summed E-state index contributed by atoms with van der Waals surface area (Å²) in [6.07, 6.45) is 24.6. The van der Waals surface area contributed by atoms with E-state index in [1.54, 1.807) is 39.5 Å². The number of carbonyl (C=O) groups excluding carboxylic acids is 3. The number of rotatable bonds is 21. The normalized spacial score (nSPS) is 20.9. The van der Waals surface area contributed by atoms with Crippen LogP contribution in [0.5, 0.6) is 46.0 Å². The van der Waals surface area contributed by atoms with Gasteiger partial charge in [-0.3, -0.25) is 24.4 Å². The van der Waals surface area contributed by atoms with Crippen molar-refractivity contribution in [3.63, 3.8) is 0 Å². The minimum absolute atomic E-state index is 0.0865. The van der Waals surface area contributed by atoms with Gasteiger partial charge in [0.05, 0.1) is 77.5 Å². The summed E-state index contributed by atoms with van der Waals surface area (Å²) in [7, 11) is 4.89. The predicted octanol–water partition coefficient (Wildman–Crippen LogP) is 17.1. The fraction of sp³-hybridized carbons (Fsp3) is 0.466. The first-order chi connectivity index (χ1) is 47.8. The van der Waals surface area contributed by atoms with Crippen molar-refractivity contribution in [2.75, 3.05) is 51.7 Å². The molecule has 6 aliphatic carbocycles. The number of halogens is 6. The second-order valence-electron chi connectivity index (χ2n) is 25.7. The van der Waals surface area contributed by atoms with Crippen molar-refractivity contribution in [3.05, 3.63) is 151 Å². The Kier molecular flexibility index (Phi) is 25.8. The number of hydrogen-bond acceptors (Lipinski definition) is 14. The van der Waals surface area contributed by atoms with Gasteiger partial charge in [0.25, 0.3) is 17.4 Å². The molecule has 99 heavy (non-hydrogen) atoms. The second kappa shape index (κ2) is 34.7. The molecule has 26 heteroatoms. The lowest BCUT2D eigenvalue weighted by Crippen LogP contribution is -2.47. The second-order valence-corrected chi connectivity index (χ2v) is 27.4. The summed E-state index contributed by atoms with van der Waals surface area (Å²) in [5, 5.41) is 21.0. The van der Waals surface area contributed by atoms with E-state index in [4.69, 9.17) is 86.1 Å². The Morgan fingerprint density at radius 2 is 1.11 bits per heavy atom. The Bertz CT molecular complexity index is 3800. The molecule has 6 aromatic rings. The average Bonchev–Trinajstić information content (AvgIpc) is 1.39. The van der Waals surface area contributed by atoms with Crippen LogP contribution in [0.4, 0.5) is 25.0 Å². The lowest BCUT2D eigenvalue weighted by Gasteiger charge is -2.30. The summed E-state index contributed by atoms with van der Waals surface area (Å²) in [5.41, 5.74) is 2.47. The summed E-state index contributed by atoms with van der Waals surface area (Å²) >= 11 is 24.0. The molecular weight excluding hydrogens is 1360 g/mol. The SMILES string of the molecule is COc1ccc(C(=O)Nc2c(Cl)cncc2Cl)cc1OC1CCCC1.COc1ccc(C2CNC(=O)NC2)cc1O[C@H]1C[C@@H]2CC[C@H]1C2.O=C(Nc1c(Cl)cncc1Cl)c1ccc(OCC2CC2)c(OC(F)F)c1.[C-]#[N+]C1(c2ccc(OC)c(OC3CCCC3)c2)CCC(C(=O)O)CC1. The summed E-state index contributed by atoms with van der Waals surface area (Å²) in [6.45, 7) is 6.45. The van der Waals surface area contributed by atoms with Crippen LogP contribution in [0.25, 0.3) is 4.85 Å². The van der Waals surface area contributed by atoms with Crippen molar-refractivity contribution in [3.8, 4) is 46.0 Å². The fourth-order valence-corrected chi connectivity index (χ4v) is 14.3. The topological polar surface area (TPSA) is 241 Å². The lowest BCUT2D eigenvalue weighted by atomic mass is 9.73. The van der Waals surface area contributed by atoms with E-state index in [0.717, 1.165) is 74.3 Å². The number of aliphatic carboxylic acids is 1. The van der Waals surface area contributed by atoms with Gasteiger partial charge in [-0.15, -0.1) is 0 Å². The van der Waals surface area contributed by atoms with E-state index in [9.17, 15) is 33.1 Å². The van der Waals surface area contributed by atoms with E-state index in [1.165, 1.54) is 87.1 Å². The van der Waals surface area contributed by atoms with Crippen LogP contribution >= 0.6 is 46.4 Å². The number of fused-ring (bicyclic) bond motifs is 2. The van der Waals surface area contributed by atoms with E-state index in [-0.39, 0.29) is 78.8 Å². The number of nitrogens with zero attached hydrogens (tertiary/aromatic N) is 3. The molecule has 0 radical (unpaired) electrons. The van der Waals surface area contributed by atoms with Gasteiger partial charge in [0, 0.05) is 73.3 Å². The van der Waals surface area contributed by atoms with E-state index in [0.29, 0.717) is 97.6 Å². The Hall–Kier alpha value is -8.23. The molecule has 7 aliphatic rings. The summed E-state index contributed by atoms with van der Waals surface area (Å²) in [4.78, 5) is 59.0. The maximum Gasteiger partial charge on any atom is 0.387 e. The monoisotopic (exact) mass is 1440 g/mol. The third kappa shape index (κ3) is 19.6. The molecule has 528 valence electrons. The molecule has 1 saturated heterocycles. The number of hydrogen-bond donors (Lipinski definition) is 5. The number of amides is 4. The first-order valence-corrected chi connectivity index (χ1v) is 34.9. The lowest BCUT2D eigenvalue weighted by molar-refractivity contribution is -0.143. The van der Waals surface area contributed by atoms with E-state index in [2.05, 4.69) is 52.9 Å². The number of carbonyl (C=O) groups is 4. The van der Waals surface area contributed by atoms with Crippen LogP contribution in [0.1, 0.15) is 153 Å². The number of ether oxygens (including phenoxy) is 8. The predicted molar refractivity (Wildman–Crippen MR) is 372 cm³/mol. The summed E-state index contributed by atoms with van der Waals surface area (Å²) in [6, 6.07) is 20.9. The molecule has 0 unspecified atom stereocenters. The van der Waals surface area contributed by atoms with Crippen LogP contribution in [-0.4, -0.2) is 105 Å². The largest absolute Gasteiger partial charge is 0.493 e. The zero-order valence-corrected chi connectivity index (χ0v) is 58.3. The van der Waals surface area contributed by atoms with Gasteiger partial charge in [0.1, 0.15) is 6.10 Å². The highest BCUT2D eigenvalue weighted by atomic mass is 35.5. The minimum atomic E-state index is -3.04. The highest BCUT2D eigenvalue weighted by Gasteiger charge is 2.45. The van der Waals surface area contributed by atoms with E-state index < -0.39 is 24.0 Å². The number of carboxylic acid groups (broad SMARTS) is 1. The molecule has 7 fully saturated rings. The molecule has 3 heterocycles. The number of anilines is 2. The van der Waals surface area contributed by atoms with Crippen molar-refractivity contribution >= 4 is 81.6 Å². The van der Waals surface area contributed by atoms with Crippen molar-refractivity contribution in [2.45, 2.75) is 152 Å². The smallest absolute Gasteiger partial charge is 0.387 e. The highest BCUT2D eigenvalue weighted by molar-refractivity contribution is 6.40. The Labute approximate surface area is 594 Å². The number of benzene rings is 4. The quantitative estimate of drug-likeness (QED) is 0.0421. The number of carboxylic acids is 1. The average molecular weight is 1440 g/mol. The van der Waals surface area contributed by atoms with Crippen LogP contribution < -0.4 is 59.2 Å². The van der Waals surface area contributed by atoms with Gasteiger partial charge >= 0.3 is 18.6 Å². The van der Waals surface area contributed by atoms with Crippen molar-refractivity contribution < 1.29 is 71.0 Å². The zero-order valence-electron chi connectivity index (χ0n) is 55.2. The summed E-state index contributed by atoms with van der Waals surface area (Å²) < 4.78 is 70.1. The van der Waals surface area contributed by atoms with Gasteiger partial charge in [0.15, 0.2) is 46.0 Å². The third-order valence-electron chi connectivity index (χ3n) is 19.1.